The zero-order chi connectivity index (χ0) is 16.8. The molecule has 5 heteroatoms. The molecule has 0 aromatic heterocycles. The molecule has 0 amide bonds. The second kappa shape index (κ2) is 7.45. The van der Waals surface area contributed by atoms with Gasteiger partial charge >= 0.3 is 5.97 Å². The van der Waals surface area contributed by atoms with Crippen molar-refractivity contribution in [2.24, 2.45) is 0 Å². The first-order valence-electron chi connectivity index (χ1n) is 7.21. The zero-order valence-corrected chi connectivity index (χ0v) is 13.0. The highest BCUT2D eigenvalue weighted by molar-refractivity contribution is 6.00. The molecule has 0 saturated heterocycles. The molecular formula is C18H18O5. The lowest BCUT2D eigenvalue weighted by Crippen LogP contribution is -2.06. The molecule has 23 heavy (non-hydrogen) atoms. The molecule has 0 bridgehead atoms. The third kappa shape index (κ3) is 4.10. The van der Waals surface area contributed by atoms with Crippen LogP contribution in [0, 0.1) is 0 Å². The third-order valence-corrected chi connectivity index (χ3v) is 3.34. The summed E-state index contributed by atoms with van der Waals surface area (Å²) in [5, 5.41) is 9.88. The van der Waals surface area contributed by atoms with E-state index in [1.807, 2.05) is 0 Å². The summed E-state index contributed by atoms with van der Waals surface area (Å²) in [6.07, 6.45) is 0.128. The highest BCUT2D eigenvalue weighted by Gasteiger charge is 2.13. The number of benzene rings is 2. The van der Waals surface area contributed by atoms with Gasteiger partial charge < -0.3 is 14.6 Å². The van der Waals surface area contributed by atoms with Gasteiger partial charge in [0, 0.05) is 12.5 Å². The number of ketones is 1. The van der Waals surface area contributed by atoms with E-state index in [9.17, 15) is 14.7 Å². The van der Waals surface area contributed by atoms with Gasteiger partial charge in [0.05, 0.1) is 24.8 Å². The van der Waals surface area contributed by atoms with Crippen molar-refractivity contribution in [3.05, 3.63) is 59.2 Å². The average molecular weight is 314 g/mol. The van der Waals surface area contributed by atoms with Crippen LogP contribution in [0.15, 0.2) is 42.5 Å². The van der Waals surface area contributed by atoms with Crippen molar-refractivity contribution >= 4 is 11.8 Å². The lowest BCUT2D eigenvalue weighted by atomic mass is 10.0. The number of phenolic OH excluding ortho intramolecular Hbond substituents is 1. The molecule has 2 rings (SSSR count). The first-order valence-corrected chi connectivity index (χ1v) is 7.21. The van der Waals surface area contributed by atoms with Gasteiger partial charge in [-0.2, -0.15) is 0 Å². The SMILES string of the molecule is CCOC(=O)c1ccc(CC(=O)c2ccc(OC)cc2O)cc1. The van der Waals surface area contributed by atoms with E-state index in [4.69, 9.17) is 9.47 Å². The van der Waals surface area contributed by atoms with Crippen LogP contribution in [0.3, 0.4) is 0 Å². The van der Waals surface area contributed by atoms with Gasteiger partial charge in [-0.1, -0.05) is 12.1 Å². The molecule has 0 atom stereocenters. The number of rotatable bonds is 6. The quantitative estimate of drug-likeness (QED) is 0.655. The van der Waals surface area contributed by atoms with Crippen LogP contribution in [0.1, 0.15) is 33.2 Å². The molecule has 0 spiro atoms. The van der Waals surface area contributed by atoms with E-state index >= 15 is 0 Å². The van der Waals surface area contributed by atoms with Crippen molar-refractivity contribution < 1.29 is 24.2 Å². The molecule has 2 aromatic rings. The zero-order valence-electron chi connectivity index (χ0n) is 13.0. The lowest BCUT2D eigenvalue weighted by Gasteiger charge is -2.07. The minimum atomic E-state index is -0.391. The van der Waals surface area contributed by atoms with Gasteiger partial charge in [-0.3, -0.25) is 4.79 Å². The van der Waals surface area contributed by atoms with Gasteiger partial charge in [0.2, 0.25) is 0 Å². The summed E-state index contributed by atoms with van der Waals surface area (Å²) < 4.78 is 9.89. The Morgan fingerprint density at radius 1 is 1.09 bits per heavy atom. The average Bonchev–Trinajstić information content (AvgIpc) is 2.55. The molecule has 2 aromatic carbocycles. The van der Waals surface area contributed by atoms with Crippen LogP contribution in [-0.4, -0.2) is 30.6 Å². The maximum Gasteiger partial charge on any atom is 0.338 e. The fourth-order valence-corrected chi connectivity index (χ4v) is 2.13. The summed E-state index contributed by atoms with van der Waals surface area (Å²) in [5.41, 5.74) is 1.42. The molecule has 0 aliphatic rings. The molecule has 0 unspecified atom stereocenters. The Bertz CT molecular complexity index is 704. The Hall–Kier alpha value is -2.82. The summed E-state index contributed by atoms with van der Waals surface area (Å²) >= 11 is 0. The second-order valence-electron chi connectivity index (χ2n) is 4.90. The molecule has 0 aliphatic carbocycles. The fraction of sp³-hybridized carbons (Fsp3) is 0.222. The van der Waals surface area contributed by atoms with E-state index in [2.05, 4.69) is 0 Å². The van der Waals surface area contributed by atoms with Gasteiger partial charge in [-0.25, -0.2) is 4.79 Å². The largest absolute Gasteiger partial charge is 0.507 e. The minimum absolute atomic E-state index is 0.113. The first kappa shape index (κ1) is 16.5. The van der Waals surface area contributed by atoms with E-state index in [0.717, 1.165) is 5.56 Å². The molecule has 0 fully saturated rings. The van der Waals surface area contributed by atoms with Gasteiger partial charge in [0.1, 0.15) is 11.5 Å². The number of hydrogen-bond donors (Lipinski definition) is 1. The van der Waals surface area contributed by atoms with Gasteiger partial charge in [0.15, 0.2) is 5.78 Å². The number of ether oxygens (including phenoxy) is 2. The van der Waals surface area contributed by atoms with Gasteiger partial charge in [0.25, 0.3) is 0 Å². The molecule has 0 aliphatic heterocycles. The standard InChI is InChI=1S/C18H18O5/c1-3-23-18(21)13-6-4-12(5-7-13)10-16(19)15-9-8-14(22-2)11-17(15)20/h4-9,11,20H,3,10H2,1-2H3. The highest BCUT2D eigenvalue weighted by Crippen LogP contribution is 2.24. The Kier molecular flexibility index (Phi) is 5.36. The number of esters is 1. The Balaban J connectivity index is 2.10. The second-order valence-corrected chi connectivity index (χ2v) is 4.90. The van der Waals surface area contributed by atoms with Crippen LogP contribution in [0.25, 0.3) is 0 Å². The Morgan fingerprint density at radius 2 is 1.78 bits per heavy atom. The summed E-state index contributed by atoms with van der Waals surface area (Å²) in [4.78, 5) is 23.8. The normalized spacial score (nSPS) is 10.2. The molecule has 5 nitrogen and oxygen atoms in total. The number of hydrogen-bond acceptors (Lipinski definition) is 5. The molecule has 0 heterocycles. The molecule has 120 valence electrons. The summed E-state index contributed by atoms with van der Waals surface area (Å²) in [7, 11) is 1.49. The monoisotopic (exact) mass is 314 g/mol. The maximum absolute atomic E-state index is 12.3. The topological polar surface area (TPSA) is 72.8 Å². The molecular weight excluding hydrogens is 296 g/mol. The van der Waals surface area contributed by atoms with Gasteiger partial charge in [-0.05, 0) is 36.8 Å². The number of aromatic hydroxyl groups is 1. The van der Waals surface area contributed by atoms with Gasteiger partial charge in [-0.15, -0.1) is 0 Å². The van der Waals surface area contributed by atoms with Crippen LogP contribution < -0.4 is 4.74 Å². The molecule has 0 radical (unpaired) electrons. The van der Waals surface area contributed by atoms with Crippen LogP contribution in [0.4, 0.5) is 0 Å². The summed E-state index contributed by atoms with van der Waals surface area (Å²) in [6.45, 7) is 2.06. The number of phenols is 1. The maximum atomic E-state index is 12.3. The smallest absolute Gasteiger partial charge is 0.338 e. The third-order valence-electron chi connectivity index (χ3n) is 3.34. The van der Waals surface area contributed by atoms with E-state index in [0.29, 0.717) is 17.9 Å². The summed E-state index contributed by atoms with van der Waals surface area (Å²) in [6, 6.07) is 11.2. The predicted molar refractivity (Wildman–Crippen MR) is 85.1 cm³/mol. The number of Topliss-reactive ketones (excluding diaryl/α,β-unsaturated/α-hetero) is 1. The number of carbonyl (C=O) groups excluding carboxylic acids is 2. The highest BCUT2D eigenvalue weighted by atomic mass is 16.5. The molecule has 1 N–H and O–H groups in total. The van der Waals surface area contributed by atoms with Crippen LogP contribution in [0.5, 0.6) is 11.5 Å². The van der Waals surface area contributed by atoms with E-state index in [1.165, 1.54) is 19.2 Å². The Labute approximate surface area is 134 Å². The van der Waals surface area contributed by atoms with E-state index < -0.39 is 5.97 Å². The summed E-state index contributed by atoms with van der Waals surface area (Å²) in [5.74, 6) is -0.234. The van der Waals surface area contributed by atoms with Crippen molar-refractivity contribution in [1.29, 1.82) is 0 Å². The number of methoxy groups -OCH3 is 1. The van der Waals surface area contributed by atoms with Crippen molar-refractivity contribution in [1.82, 2.24) is 0 Å². The molecule has 0 saturated carbocycles. The lowest BCUT2D eigenvalue weighted by molar-refractivity contribution is 0.0526. The first-order chi connectivity index (χ1) is 11.0. The predicted octanol–water partition coefficient (Wildman–Crippen LogP) is 3.00. The fourth-order valence-electron chi connectivity index (χ4n) is 2.13. The van der Waals surface area contributed by atoms with E-state index in [-0.39, 0.29) is 23.5 Å². The van der Waals surface area contributed by atoms with Crippen molar-refractivity contribution in [2.75, 3.05) is 13.7 Å². The van der Waals surface area contributed by atoms with Crippen LogP contribution in [0.2, 0.25) is 0 Å². The Morgan fingerprint density at radius 3 is 2.35 bits per heavy atom. The van der Waals surface area contributed by atoms with Crippen LogP contribution in [-0.2, 0) is 11.2 Å². The van der Waals surface area contributed by atoms with Crippen molar-refractivity contribution in [3.8, 4) is 11.5 Å². The minimum Gasteiger partial charge on any atom is -0.507 e. The number of carbonyl (C=O) groups is 2. The van der Waals surface area contributed by atoms with Crippen molar-refractivity contribution in [3.63, 3.8) is 0 Å². The van der Waals surface area contributed by atoms with Crippen LogP contribution >= 0.6 is 0 Å². The van der Waals surface area contributed by atoms with E-state index in [1.54, 1.807) is 37.3 Å². The van der Waals surface area contributed by atoms with Crippen molar-refractivity contribution in [2.45, 2.75) is 13.3 Å².